The second kappa shape index (κ2) is 4.77. The lowest BCUT2D eigenvalue weighted by Crippen LogP contribution is -1.92. The van der Waals surface area contributed by atoms with Crippen LogP contribution in [0.25, 0.3) is 0 Å². The molecule has 17 heavy (non-hydrogen) atoms. The summed E-state index contributed by atoms with van der Waals surface area (Å²) in [6.45, 7) is 0. The summed E-state index contributed by atoms with van der Waals surface area (Å²) in [6.07, 6.45) is 0. The fourth-order valence-electron chi connectivity index (χ4n) is 1.35. The first kappa shape index (κ1) is 11.3. The van der Waals surface area contributed by atoms with E-state index in [0.29, 0.717) is 27.8 Å². The van der Waals surface area contributed by atoms with Gasteiger partial charge in [-0.15, -0.1) is 0 Å². The van der Waals surface area contributed by atoms with Crippen LogP contribution in [0.1, 0.15) is 5.56 Å². The molecule has 0 amide bonds. The Bertz CT molecular complexity index is 590. The summed E-state index contributed by atoms with van der Waals surface area (Å²) in [4.78, 5) is 0. The number of halogens is 1. The Morgan fingerprint density at radius 1 is 1.18 bits per heavy atom. The van der Waals surface area contributed by atoms with Crippen molar-refractivity contribution in [3.63, 3.8) is 0 Å². The van der Waals surface area contributed by atoms with Crippen molar-refractivity contribution in [2.45, 2.75) is 0 Å². The molecule has 0 aliphatic rings. The average molecular weight is 245 g/mol. The Balaban J connectivity index is 2.33. The van der Waals surface area contributed by atoms with E-state index in [1.807, 2.05) is 6.07 Å². The van der Waals surface area contributed by atoms with Gasteiger partial charge in [-0.25, -0.2) is 0 Å². The highest BCUT2D eigenvalue weighted by atomic mass is 35.5. The molecule has 0 aromatic heterocycles. The minimum atomic E-state index is 0.450. The zero-order valence-corrected chi connectivity index (χ0v) is 9.61. The lowest BCUT2D eigenvalue weighted by atomic mass is 10.2. The Morgan fingerprint density at radius 2 is 2.00 bits per heavy atom. The first-order valence-corrected chi connectivity index (χ1v) is 5.30. The van der Waals surface area contributed by atoms with Gasteiger partial charge in [-0.1, -0.05) is 17.7 Å². The summed E-state index contributed by atoms with van der Waals surface area (Å²) in [7, 11) is 0. The van der Waals surface area contributed by atoms with Gasteiger partial charge in [0.25, 0.3) is 0 Å². The molecule has 2 rings (SSSR count). The molecule has 2 aromatic rings. The van der Waals surface area contributed by atoms with Gasteiger partial charge in [-0.3, -0.25) is 0 Å². The van der Waals surface area contributed by atoms with Crippen LogP contribution in [0.3, 0.4) is 0 Å². The summed E-state index contributed by atoms with van der Waals surface area (Å²) in [6, 6.07) is 13.9. The SMILES string of the molecule is N#Cc1ccc(N)c(Oc2cccc(Cl)c2)c1. The van der Waals surface area contributed by atoms with Gasteiger partial charge in [0.15, 0.2) is 5.75 Å². The molecule has 0 fully saturated rings. The number of nitrogens with two attached hydrogens (primary N) is 1. The highest BCUT2D eigenvalue weighted by Crippen LogP contribution is 2.29. The standard InChI is InChI=1S/C13H9ClN2O/c14-10-2-1-3-11(7-10)17-13-6-9(8-15)4-5-12(13)16/h1-7H,16H2. The largest absolute Gasteiger partial charge is 0.455 e. The summed E-state index contributed by atoms with van der Waals surface area (Å²) in [5, 5.41) is 9.38. The maximum Gasteiger partial charge on any atom is 0.151 e. The van der Waals surface area contributed by atoms with E-state index in [0.717, 1.165) is 0 Å². The van der Waals surface area contributed by atoms with Gasteiger partial charge in [-0.2, -0.15) is 5.26 Å². The number of anilines is 1. The Labute approximate surface area is 104 Å². The topological polar surface area (TPSA) is 59.0 Å². The lowest BCUT2D eigenvalue weighted by Gasteiger charge is -2.08. The van der Waals surface area contributed by atoms with E-state index >= 15 is 0 Å². The summed E-state index contributed by atoms with van der Waals surface area (Å²) < 4.78 is 5.57. The van der Waals surface area contributed by atoms with E-state index in [4.69, 9.17) is 27.3 Å². The number of rotatable bonds is 2. The van der Waals surface area contributed by atoms with Crippen molar-refractivity contribution < 1.29 is 4.74 Å². The fourth-order valence-corrected chi connectivity index (χ4v) is 1.53. The van der Waals surface area contributed by atoms with Crippen molar-refractivity contribution in [2.75, 3.05) is 5.73 Å². The third-order valence-corrected chi connectivity index (χ3v) is 2.40. The second-order valence-electron chi connectivity index (χ2n) is 3.42. The van der Waals surface area contributed by atoms with Crippen LogP contribution in [-0.2, 0) is 0 Å². The zero-order chi connectivity index (χ0) is 12.3. The maximum absolute atomic E-state index is 8.80. The molecular formula is C13H9ClN2O. The molecule has 0 saturated carbocycles. The lowest BCUT2D eigenvalue weighted by molar-refractivity contribution is 0.485. The number of hydrogen-bond acceptors (Lipinski definition) is 3. The molecule has 0 bridgehead atoms. The van der Waals surface area contributed by atoms with Crippen molar-refractivity contribution in [3.05, 3.63) is 53.1 Å². The maximum atomic E-state index is 8.80. The number of hydrogen-bond donors (Lipinski definition) is 1. The van der Waals surface area contributed by atoms with E-state index in [2.05, 4.69) is 0 Å². The first-order valence-electron chi connectivity index (χ1n) is 4.92. The number of benzene rings is 2. The monoisotopic (exact) mass is 244 g/mol. The van der Waals surface area contributed by atoms with Gasteiger partial charge < -0.3 is 10.5 Å². The normalized spacial score (nSPS) is 9.65. The molecule has 0 radical (unpaired) electrons. The molecule has 0 spiro atoms. The van der Waals surface area contributed by atoms with Crippen molar-refractivity contribution in [1.29, 1.82) is 5.26 Å². The van der Waals surface area contributed by atoms with E-state index < -0.39 is 0 Å². The average Bonchev–Trinajstić information content (AvgIpc) is 2.32. The molecule has 4 heteroatoms. The molecule has 0 unspecified atom stereocenters. The van der Waals surface area contributed by atoms with E-state index in [1.54, 1.807) is 42.5 Å². The fraction of sp³-hybridized carbons (Fsp3) is 0. The molecule has 0 atom stereocenters. The molecule has 0 aliphatic carbocycles. The van der Waals surface area contributed by atoms with Crippen LogP contribution in [0.15, 0.2) is 42.5 Å². The Morgan fingerprint density at radius 3 is 2.71 bits per heavy atom. The van der Waals surface area contributed by atoms with E-state index in [-0.39, 0.29) is 0 Å². The molecule has 2 aromatic carbocycles. The quantitative estimate of drug-likeness (QED) is 0.822. The molecule has 0 saturated heterocycles. The molecule has 3 nitrogen and oxygen atoms in total. The van der Waals surface area contributed by atoms with Crippen LogP contribution < -0.4 is 10.5 Å². The third kappa shape index (κ3) is 2.68. The van der Waals surface area contributed by atoms with Crippen LogP contribution in [0.5, 0.6) is 11.5 Å². The van der Waals surface area contributed by atoms with Crippen LogP contribution in [0.4, 0.5) is 5.69 Å². The number of ether oxygens (including phenoxy) is 1. The minimum Gasteiger partial charge on any atom is -0.455 e. The van der Waals surface area contributed by atoms with Crippen LogP contribution >= 0.6 is 11.6 Å². The van der Waals surface area contributed by atoms with Crippen LogP contribution in [0.2, 0.25) is 5.02 Å². The Hall–Kier alpha value is -2.18. The van der Waals surface area contributed by atoms with Crippen molar-refractivity contribution in [1.82, 2.24) is 0 Å². The molecule has 84 valence electrons. The smallest absolute Gasteiger partial charge is 0.151 e. The van der Waals surface area contributed by atoms with Gasteiger partial charge in [0.2, 0.25) is 0 Å². The van der Waals surface area contributed by atoms with Gasteiger partial charge in [0.1, 0.15) is 5.75 Å². The predicted molar refractivity (Wildman–Crippen MR) is 67.1 cm³/mol. The number of nitriles is 1. The van der Waals surface area contributed by atoms with Crippen molar-refractivity contribution in [2.24, 2.45) is 0 Å². The third-order valence-electron chi connectivity index (χ3n) is 2.17. The Kier molecular flexibility index (Phi) is 3.17. The second-order valence-corrected chi connectivity index (χ2v) is 3.86. The van der Waals surface area contributed by atoms with Gasteiger partial charge in [-0.05, 0) is 30.3 Å². The van der Waals surface area contributed by atoms with E-state index in [9.17, 15) is 0 Å². The minimum absolute atomic E-state index is 0.450. The first-order chi connectivity index (χ1) is 8.19. The molecule has 0 aliphatic heterocycles. The molecule has 2 N–H and O–H groups in total. The highest BCUT2D eigenvalue weighted by molar-refractivity contribution is 6.30. The summed E-state index contributed by atoms with van der Waals surface area (Å²) in [5.74, 6) is 1.03. The summed E-state index contributed by atoms with van der Waals surface area (Å²) in [5.41, 5.74) is 6.74. The highest BCUT2D eigenvalue weighted by Gasteiger charge is 2.04. The summed E-state index contributed by atoms with van der Waals surface area (Å²) >= 11 is 5.85. The van der Waals surface area contributed by atoms with Crippen molar-refractivity contribution >= 4 is 17.3 Å². The van der Waals surface area contributed by atoms with E-state index in [1.165, 1.54) is 0 Å². The van der Waals surface area contributed by atoms with Gasteiger partial charge in [0.05, 0.1) is 17.3 Å². The predicted octanol–water partition coefficient (Wildman–Crippen LogP) is 3.59. The van der Waals surface area contributed by atoms with Gasteiger partial charge >= 0.3 is 0 Å². The zero-order valence-electron chi connectivity index (χ0n) is 8.85. The van der Waals surface area contributed by atoms with Gasteiger partial charge in [0, 0.05) is 11.1 Å². The number of nitrogens with zero attached hydrogens (tertiary/aromatic N) is 1. The molecular weight excluding hydrogens is 236 g/mol. The van der Waals surface area contributed by atoms with Crippen molar-refractivity contribution in [3.8, 4) is 17.6 Å². The molecule has 0 heterocycles. The van der Waals surface area contributed by atoms with Crippen LogP contribution in [0, 0.1) is 11.3 Å². The van der Waals surface area contributed by atoms with Crippen LogP contribution in [-0.4, -0.2) is 0 Å². The number of nitrogen functional groups attached to an aromatic ring is 1.